The van der Waals surface area contributed by atoms with E-state index in [1.165, 1.54) is 6.07 Å². The fourth-order valence-electron chi connectivity index (χ4n) is 3.58. The number of rotatable bonds is 4. The van der Waals surface area contributed by atoms with Crippen molar-refractivity contribution in [1.82, 2.24) is 19.7 Å². The van der Waals surface area contributed by atoms with Crippen LogP contribution < -0.4 is 10.6 Å². The monoisotopic (exact) mass is 428 g/mol. The number of nitrogens with zero attached hydrogens (tertiary/aromatic N) is 4. The fourth-order valence-corrected chi connectivity index (χ4v) is 3.58. The quantitative estimate of drug-likeness (QED) is 0.783. The van der Waals surface area contributed by atoms with Gasteiger partial charge in [0.15, 0.2) is 5.82 Å². The van der Waals surface area contributed by atoms with Crippen molar-refractivity contribution in [2.45, 2.75) is 26.4 Å². The second-order valence-electron chi connectivity index (χ2n) is 8.00. The van der Waals surface area contributed by atoms with Crippen molar-refractivity contribution >= 4 is 23.4 Å². The Morgan fingerprint density at radius 3 is 2.61 bits per heavy atom. The number of amides is 4. The third kappa shape index (κ3) is 5.69. The first-order valence-electron chi connectivity index (χ1n) is 10.2. The van der Waals surface area contributed by atoms with Crippen LogP contribution in [0, 0.1) is 12.7 Å². The number of benzene rings is 1. The topological polar surface area (TPSA) is 80.8 Å². The molecule has 1 aliphatic rings. The summed E-state index contributed by atoms with van der Waals surface area (Å²) in [5.41, 5.74) is 1.98. The normalized spacial score (nSPS) is 16.7. The summed E-state index contributed by atoms with van der Waals surface area (Å²) in [6.07, 6.45) is 1.55. The van der Waals surface area contributed by atoms with Crippen LogP contribution in [0.4, 0.5) is 25.4 Å². The summed E-state index contributed by atoms with van der Waals surface area (Å²) in [5, 5.41) is 5.21. The van der Waals surface area contributed by atoms with Crippen LogP contribution in [0.5, 0.6) is 0 Å². The molecule has 0 radical (unpaired) electrons. The summed E-state index contributed by atoms with van der Waals surface area (Å²) >= 11 is 0. The smallest absolute Gasteiger partial charge is 0.323 e. The van der Waals surface area contributed by atoms with Crippen molar-refractivity contribution in [3.63, 3.8) is 0 Å². The van der Waals surface area contributed by atoms with Crippen LogP contribution in [0.15, 0.2) is 36.5 Å². The molecule has 1 aromatic carbocycles. The zero-order valence-electron chi connectivity index (χ0n) is 18.4. The van der Waals surface area contributed by atoms with E-state index >= 15 is 4.39 Å². The SMILES string of the molecule is Cc1ccc(NC(=O)Nc2cccc(CN3CCN(C(=O)N(C)C)[C@H](C)C3)c2F)cn1. The van der Waals surface area contributed by atoms with E-state index in [1.54, 1.807) is 49.5 Å². The Labute approximate surface area is 182 Å². The minimum Gasteiger partial charge on any atom is -0.331 e. The van der Waals surface area contributed by atoms with Crippen molar-refractivity contribution in [1.29, 1.82) is 0 Å². The molecular weight excluding hydrogens is 399 g/mol. The maximum Gasteiger partial charge on any atom is 0.323 e. The second-order valence-corrected chi connectivity index (χ2v) is 8.00. The predicted octanol–water partition coefficient (Wildman–Crippen LogP) is 3.36. The molecule has 2 aromatic rings. The Bertz CT molecular complexity index is 934. The fraction of sp³-hybridized carbons (Fsp3) is 0.409. The maximum atomic E-state index is 15.0. The average molecular weight is 429 g/mol. The van der Waals surface area contributed by atoms with Gasteiger partial charge >= 0.3 is 12.1 Å². The highest BCUT2D eigenvalue weighted by molar-refractivity contribution is 5.99. The van der Waals surface area contributed by atoms with Crippen molar-refractivity contribution in [3.8, 4) is 0 Å². The van der Waals surface area contributed by atoms with Crippen LogP contribution in [0.2, 0.25) is 0 Å². The van der Waals surface area contributed by atoms with E-state index < -0.39 is 11.8 Å². The van der Waals surface area contributed by atoms with Crippen molar-refractivity contribution in [2.75, 3.05) is 44.4 Å². The molecule has 1 aromatic heterocycles. The Kier molecular flexibility index (Phi) is 7.06. The first-order chi connectivity index (χ1) is 14.7. The Morgan fingerprint density at radius 1 is 1.19 bits per heavy atom. The molecule has 9 heteroatoms. The molecule has 1 fully saturated rings. The van der Waals surface area contributed by atoms with Crippen LogP contribution >= 0.6 is 0 Å². The van der Waals surface area contributed by atoms with Crippen molar-refractivity contribution < 1.29 is 14.0 Å². The third-order valence-corrected chi connectivity index (χ3v) is 5.23. The lowest BCUT2D eigenvalue weighted by atomic mass is 10.1. The predicted molar refractivity (Wildman–Crippen MR) is 119 cm³/mol. The zero-order valence-corrected chi connectivity index (χ0v) is 18.4. The lowest BCUT2D eigenvalue weighted by molar-refractivity contribution is 0.0846. The molecule has 0 aliphatic carbocycles. The molecule has 0 saturated carbocycles. The number of hydrogen-bond acceptors (Lipinski definition) is 4. The van der Waals surface area contributed by atoms with Gasteiger partial charge in [-0.05, 0) is 32.0 Å². The highest BCUT2D eigenvalue weighted by Gasteiger charge is 2.28. The molecule has 1 aliphatic heterocycles. The maximum absolute atomic E-state index is 15.0. The number of piperazine rings is 1. The molecule has 0 bridgehead atoms. The number of hydrogen-bond donors (Lipinski definition) is 2. The third-order valence-electron chi connectivity index (χ3n) is 5.23. The molecule has 3 rings (SSSR count). The van der Waals surface area contributed by atoms with E-state index in [4.69, 9.17) is 0 Å². The van der Waals surface area contributed by atoms with Gasteiger partial charge in [0.1, 0.15) is 0 Å². The molecular formula is C22H29FN6O2. The van der Waals surface area contributed by atoms with Gasteiger partial charge in [-0.2, -0.15) is 0 Å². The number of aromatic nitrogens is 1. The van der Waals surface area contributed by atoms with E-state index in [0.717, 1.165) is 5.69 Å². The Morgan fingerprint density at radius 2 is 1.97 bits per heavy atom. The van der Waals surface area contributed by atoms with Gasteiger partial charge in [0.25, 0.3) is 0 Å². The van der Waals surface area contributed by atoms with Crippen LogP contribution in [0.1, 0.15) is 18.2 Å². The number of nitrogens with one attached hydrogen (secondary N) is 2. The largest absolute Gasteiger partial charge is 0.331 e. The van der Waals surface area contributed by atoms with E-state index in [9.17, 15) is 9.59 Å². The summed E-state index contributed by atoms with van der Waals surface area (Å²) in [5.74, 6) is -0.459. The number of aryl methyl sites for hydroxylation is 1. The molecule has 1 atom stereocenters. The second kappa shape index (κ2) is 9.74. The summed E-state index contributed by atoms with van der Waals surface area (Å²) in [6.45, 7) is 6.14. The standard InChI is InChI=1S/C22H29FN6O2/c1-15-8-9-18(12-24-15)25-21(30)26-19-7-5-6-17(20(19)23)14-28-10-11-29(16(2)13-28)22(31)27(3)4/h5-9,12,16H,10-11,13-14H2,1-4H3,(H2,25,26,30)/t16-/m1/s1. The lowest BCUT2D eigenvalue weighted by Gasteiger charge is -2.40. The highest BCUT2D eigenvalue weighted by atomic mass is 19.1. The molecule has 4 amide bonds. The van der Waals surface area contributed by atoms with Crippen molar-refractivity contribution in [3.05, 3.63) is 53.6 Å². The highest BCUT2D eigenvalue weighted by Crippen LogP contribution is 2.22. The Hall–Kier alpha value is -3.20. The van der Waals surface area contributed by atoms with E-state index in [1.807, 2.05) is 18.7 Å². The molecule has 2 N–H and O–H groups in total. The van der Waals surface area contributed by atoms with E-state index in [-0.39, 0.29) is 17.8 Å². The molecule has 31 heavy (non-hydrogen) atoms. The van der Waals surface area contributed by atoms with Gasteiger partial charge in [0, 0.05) is 57.6 Å². The van der Waals surface area contributed by atoms with Crippen LogP contribution in [0.3, 0.4) is 0 Å². The minimum absolute atomic E-state index is 0.0145. The summed E-state index contributed by atoms with van der Waals surface area (Å²) in [4.78, 5) is 34.1. The van der Waals surface area contributed by atoms with E-state index in [2.05, 4.69) is 20.5 Å². The number of carbonyl (C=O) groups is 2. The first kappa shape index (κ1) is 22.5. The molecule has 0 unspecified atom stereocenters. The zero-order chi connectivity index (χ0) is 22.5. The number of urea groups is 2. The number of carbonyl (C=O) groups excluding carboxylic acids is 2. The average Bonchev–Trinajstić information content (AvgIpc) is 2.72. The van der Waals surface area contributed by atoms with Gasteiger partial charge in [0.05, 0.1) is 17.6 Å². The number of anilines is 2. The van der Waals surface area contributed by atoms with Gasteiger partial charge in [-0.15, -0.1) is 0 Å². The first-order valence-corrected chi connectivity index (χ1v) is 10.2. The van der Waals surface area contributed by atoms with Gasteiger partial charge in [-0.25, -0.2) is 14.0 Å². The summed E-state index contributed by atoms with van der Waals surface area (Å²) < 4.78 is 15.0. The molecule has 8 nitrogen and oxygen atoms in total. The van der Waals surface area contributed by atoms with Gasteiger partial charge in [-0.1, -0.05) is 12.1 Å². The summed E-state index contributed by atoms with van der Waals surface area (Å²) in [7, 11) is 3.47. The molecule has 166 valence electrons. The van der Waals surface area contributed by atoms with Crippen molar-refractivity contribution in [2.24, 2.45) is 0 Å². The Balaban J connectivity index is 1.61. The number of pyridine rings is 1. The minimum atomic E-state index is -0.536. The van der Waals surface area contributed by atoms with Crippen LogP contribution in [0.25, 0.3) is 0 Å². The molecule has 2 heterocycles. The van der Waals surface area contributed by atoms with E-state index in [0.29, 0.717) is 37.4 Å². The summed E-state index contributed by atoms with van der Waals surface area (Å²) in [6, 6.07) is 7.95. The molecule has 1 saturated heterocycles. The van der Waals surface area contributed by atoms with Gasteiger partial charge in [0.2, 0.25) is 0 Å². The molecule has 0 spiro atoms. The van der Waals surface area contributed by atoms with Gasteiger partial charge in [-0.3, -0.25) is 9.88 Å². The van der Waals surface area contributed by atoms with Crippen LogP contribution in [-0.2, 0) is 6.54 Å². The van der Waals surface area contributed by atoms with Gasteiger partial charge < -0.3 is 20.4 Å². The number of halogens is 1. The van der Waals surface area contributed by atoms with Crippen LogP contribution in [-0.4, -0.2) is 71.5 Å². The lowest BCUT2D eigenvalue weighted by Crippen LogP contribution is -2.55.